The minimum atomic E-state index is -0.610. The van der Waals surface area contributed by atoms with Crippen LogP contribution in [0.3, 0.4) is 0 Å². The Labute approximate surface area is 94.9 Å². The van der Waals surface area contributed by atoms with Crippen molar-refractivity contribution in [3.63, 3.8) is 0 Å². The molecule has 0 bridgehead atoms. The first-order valence-corrected chi connectivity index (χ1v) is 6.01. The van der Waals surface area contributed by atoms with E-state index >= 15 is 0 Å². The normalized spacial score (nSPS) is 24.1. The second kappa shape index (κ2) is 3.79. The minimum Gasteiger partial charge on any atom is -0.387 e. The molecular formula is C12H17N3O. The van der Waals surface area contributed by atoms with Gasteiger partial charge in [-0.2, -0.15) is 0 Å². The molecule has 2 unspecified atom stereocenters. The van der Waals surface area contributed by atoms with Gasteiger partial charge in [0.05, 0.1) is 6.10 Å². The van der Waals surface area contributed by atoms with Crippen LogP contribution in [0.5, 0.6) is 0 Å². The summed E-state index contributed by atoms with van der Waals surface area (Å²) in [5, 5.41) is 10.0. The zero-order valence-electron chi connectivity index (χ0n) is 9.21. The van der Waals surface area contributed by atoms with Gasteiger partial charge in [0, 0.05) is 29.9 Å². The molecule has 4 heteroatoms. The van der Waals surface area contributed by atoms with Gasteiger partial charge in [-0.05, 0) is 31.6 Å². The molecule has 2 saturated carbocycles. The molecule has 0 amide bonds. The fourth-order valence-corrected chi connectivity index (χ4v) is 2.01. The molecule has 16 heavy (non-hydrogen) atoms. The van der Waals surface area contributed by atoms with E-state index in [4.69, 9.17) is 5.73 Å². The van der Waals surface area contributed by atoms with E-state index in [0.29, 0.717) is 11.8 Å². The SMILES string of the molecule is NC(C1CC1)C(O)c1cnc(C2CC2)nc1. The molecule has 86 valence electrons. The first-order valence-electron chi connectivity index (χ1n) is 6.01. The highest BCUT2D eigenvalue weighted by molar-refractivity contribution is 5.15. The number of hydrogen-bond donors (Lipinski definition) is 2. The quantitative estimate of drug-likeness (QED) is 0.796. The van der Waals surface area contributed by atoms with Crippen LogP contribution >= 0.6 is 0 Å². The van der Waals surface area contributed by atoms with E-state index in [0.717, 1.165) is 24.2 Å². The van der Waals surface area contributed by atoms with E-state index in [-0.39, 0.29) is 6.04 Å². The highest BCUT2D eigenvalue weighted by atomic mass is 16.3. The van der Waals surface area contributed by atoms with Crippen LogP contribution in [0, 0.1) is 5.92 Å². The third-order valence-electron chi connectivity index (χ3n) is 3.51. The van der Waals surface area contributed by atoms with E-state index in [1.54, 1.807) is 12.4 Å². The van der Waals surface area contributed by atoms with Crippen LogP contribution in [0.2, 0.25) is 0 Å². The lowest BCUT2D eigenvalue weighted by Crippen LogP contribution is -2.30. The van der Waals surface area contributed by atoms with Crippen LogP contribution in [-0.4, -0.2) is 21.1 Å². The second-order valence-corrected chi connectivity index (χ2v) is 5.01. The first-order chi connectivity index (χ1) is 7.75. The average molecular weight is 219 g/mol. The maximum atomic E-state index is 10.0. The number of nitrogens with two attached hydrogens (primary N) is 1. The fourth-order valence-electron chi connectivity index (χ4n) is 2.01. The van der Waals surface area contributed by atoms with Crippen LogP contribution in [0.25, 0.3) is 0 Å². The molecule has 1 aromatic heterocycles. The summed E-state index contributed by atoms with van der Waals surface area (Å²) in [6, 6.07) is -0.157. The van der Waals surface area contributed by atoms with Crippen molar-refractivity contribution in [2.45, 2.75) is 43.7 Å². The number of nitrogens with zero attached hydrogens (tertiary/aromatic N) is 2. The summed E-state index contributed by atoms with van der Waals surface area (Å²) in [6.45, 7) is 0. The molecule has 0 saturated heterocycles. The van der Waals surface area contributed by atoms with Crippen molar-refractivity contribution in [2.75, 3.05) is 0 Å². The number of aromatic nitrogens is 2. The van der Waals surface area contributed by atoms with Crippen molar-refractivity contribution < 1.29 is 5.11 Å². The molecule has 4 nitrogen and oxygen atoms in total. The molecular weight excluding hydrogens is 202 g/mol. The summed E-state index contributed by atoms with van der Waals surface area (Å²) in [6.07, 6.45) is 7.52. The Hall–Kier alpha value is -1.00. The standard InChI is InChI=1S/C12H17N3O/c13-10(7-1-2-7)11(16)9-5-14-12(15-6-9)8-3-4-8/h5-8,10-11,16H,1-4,13H2. The molecule has 0 aromatic carbocycles. The number of aliphatic hydroxyl groups excluding tert-OH is 1. The Morgan fingerprint density at radius 1 is 1.19 bits per heavy atom. The highest BCUT2D eigenvalue weighted by Crippen LogP contribution is 2.39. The number of rotatable bonds is 4. The van der Waals surface area contributed by atoms with Gasteiger partial charge < -0.3 is 10.8 Å². The Morgan fingerprint density at radius 2 is 1.81 bits per heavy atom. The maximum absolute atomic E-state index is 10.0. The molecule has 2 aliphatic rings. The molecule has 0 radical (unpaired) electrons. The Morgan fingerprint density at radius 3 is 2.31 bits per heavy atom. The molecule has 1 aromatic rings. The van der Waals surface area contributed by atoms with E-state index in [1.165, 1.54) is 12.8 Å². The molecule has 2 atom stereocenters. The van der Waals surface area contributed by atoms with Crippen LogP contribution in [0.1, 0.15) is 49.1 Å². The smallest absolute Gasteiger partial charge is 0.131 e. The van der Waals surface area contributed by atoms with Crippen LogP contribution in [-0.2, 0) is 0 Å². The van der Waals surface area contributed by atoms with Gasteiger partial charge in [0.25, 0.3) is 0 Å². The van der Waals surface area contributed by atoms with Gasteiger partial charge in [-0.25, -0.2) is 9.97 Å². The predicted molar refractivity (Wildman–Crippen MR) is 59.7 cm³/mol. The molecule has 3 N–H and O–H groups in total. The first kappa shape index (κ1) is 10.2. The summed E-state index contributed by atoms with van der Waals surface area (Å²) >= 11 is 0. The maximum Gasteiger partial charge on any atom is 0.131 e. The zero-order chi connectivity index (χ0) is 11.1. The number of hydrogen-bond acceptors (Lipinski definition) is 4. The zero-order valence-corrected chi connectivity index (χ0v) is 9.21. The van der Waals surface area contributed by atoms with Gasteiger partial charge >= 0.3 is 0 Å². The monoisotopic (exact) mass is 219 g/mol. The van der Waals surface area contributed by atoms with Crippen LogP contribution < -0.4 is 5.73 Å². The highest BCUT2D eigenvalue weighted by Gasteiger charge is 2.34. The van der Waals surface area contributed by atoms with E-state index < -0.39 is 6.10 Å². The molecule has 1 heterocycles. The lowest BCUT2D eigenvalue weighted by molar-refractivity contribution is 0.136. The Kier molecular flexibility index (Phi) is 2.41. The summed E-state index contributed by atoms with van der Waals surface area (Å²) in [5.41, 5.74) is 6.71. The summed E-state index contributed by atoms with van der Waals surface area (Å²) in [5.74, 6) is 1.96. The Balaban J connectivity index is 1.72. The van der Waals surface area contributed by atoms with Gasteiger partial charge in [0.2, 0.25) is 0 Å². The lowest BCUT2D eigenvalue weighted by atomic mass is 10.0. The number of aliphatic hydroxyl groups is 1. The largest absolute Gasteiger partial charge is 0.387 e. The second-order valence-electron chi connectivity index (χ2n) is 5.01. The molecule has 0 aliphatic heterocycles. The molecule has 2 aliphatic carbocycles. The Bertz CT molecular complexity index is 370. The minimum absolute atomic E-state index is 0.157. The topological polar surface area (TPSA) is 72.0 Å². The van der Waals surface area contributed by atoms with Gasteiger partial charge in [-0.1, -0.05) is 0 Å². The van der Waals surface area contributed by atoms with E-state index in [1.807, 2.05) is 0 Å². The summed E-state index contributed by atoms with van der Waals surface area (Å²) in [4.78, 5) is 8.59. The predicted octanol–water partition coefficient (Wildman–Crippen LogP) is 1.12. The van der Waals surface area contributed by atoms with Gasteiger partial charge in [0.15, 0.2) is 0 Å². The van der Waals surface area contributed by atoms with Gasteiger partial charge in [0.1, 0.15) is 5.82 Å². The van der Waals surface area contributed by atoms with Crippen molar-refractivity contribution in [2.24, 2.45) is 11.7 Å². The molecule has 2 fully saturated rings. The molecule has 0 spiro atoms. The third kappa shape index (κ3) is 1.95. The van der Waals surface area contributed by atoms with Crippen molar-refractivity contribution in [3.8, 4) is 0 Å². The van der Waals surface area contributed by atoms with Crippen LogP contribution in [0.4, 0.5) is 0 Å². The van der Waals surface area contributed by atoms with Crippen molar-refractivity contribution >= 4 is 0 Å². The fraction of sp³-hybridized carbons (Fsp3) is 0.667. The van der Waals surface area contributed by atoms with Crippen molar-refractivity contribution in [1.82, 2.24) is 9.97 Å². The van der Waals surface area contributed by atoms with E-state index in [2.05, 4.69) is 9.97 Å². The van der Waals surface area contributed by atoms with Crippen LogP contribution in [0.15, 0.2) is 12.4 Å². The van der Waals surface area contributed by atoms with Gasteiger partial charge in [-0.3, -0.25) is 0 Å². The molecule has 3 rings (SSSR count). The summed E-state index contributed by atoms with van der Waals surface area (Å²) in [7, 11) is 0. The lowest BCUT2D eigenvalue weighted by Gasteiger charge is -2.18. The van der Waals surface area contributed by atoms with Crippen molar-refractivity contribution in [1.29, 1.82) is 0 Å². The van der Waals surface area contributed by atoms with Gasteiger partial charge in [-0.15, -0.1) is 0 Å². The average Bonchev–Trinajstić information content (AvgIpc) is 3.20. The third-order valence-corrected chi connectivity index (χ3v) is 3.51. The van der Waals surface area contributed by atoms with Crippen molar-refractivity contribution in [3.05, 3.63) is 23.8 Å². The van der Waals surface area contributed by atoms with E-state index in [9.17, 15) is 5.11 Å². The summed E-state index contributed by atoms with van der Waals surface area (Å²) < 4.78 is 0.